The molecule has 1 amide bonds. The molecule has 0 atom stereocenters. The Morgan fingerprint density at radius 3 is 2.95 bits per heavy atom. The molecule has 0 aliphatic heterocycles. The Balaban J connectivity index is 1.86. The lowest BCUT2D eigenvalue weighted by Crippen LogP contribution is -2.29. The second-order valence-electron chi connectivity index (χ2n) is 3.90. The molecule has 1 aromatic heterocycles. The van der Waals surface area contributed by atoms with Crippen LogP contribution in [0.2, 0.25) is 5.02 Å². The first-order valence-corrected chi connectivity index (χ1v) is 5.97. The standard InChI is InChI=1S/C13H13ClN2O3/c14-11-3-1-2-9(4-11)6-18-8-12-5-10(7-19-12)13(17)16-15/h1-5,7H,6,8,15H2,(H,16,17). The third-order valence-electron chi connectivity index (χ3n) is 2.45. The Bertz CT molecular complexity index is 569. The number of hydrazine groups is 1. The Kier molecular flexibility index (Phi) is 4.57. The van der Waals surface area contributed by atoms with E-state index in [1.54, 1.807) is 12.1 Å². The van der Waals surface area contributed by atoms with Crippen LogP contribution in [0.5, 0.6) is 0 Å². The molecule has 0 saturated carbocycles. The van der Waals surface area contributed by atoms with E-state index in [1.807, 2.05) is 23.6 Å². The molecular formula is C13H13ClN2O3. The van der Waals surface area contributed by atoms with Gasteiger partial charge in [-0.15, -0.1) is 0 Å². The van der Waals surface area contributed by atoms with Gasteiger partial charge in [0.05, 0.1) is 12.2 Å². The number of hydrogen-bond acceptors (Lipinski definition) is 4. The van der Waals surface area contributed by atoms with Crippen LogP contribution in [0.15, 0.2) is 41.0 Å². The van der Waals surface area contributed by atoms with E-state index in [1.165, 1.54) is 6.26 Å². The topological polar surface area (TPSA) is 77.5 Å². The van der Waals surface area contributed by atoms with Crippen molar-refractivity contribution in [2.75, 3.05) is 0 Å². The summed E-state index contributed by atoms with van der Waals surface area (Å²) in [6.45, 7) is 0.685. The smallest absolute Gasteiger partial charge is 0.268 e. The van der Waals surface area contributed by atoms with E-state index in [9.17, 15) is 4.79 Å². The molecule has 0 saturated heterocycles. The number of nitrogens with two attached hydrogens (primary N) is 1. The van der Waals surface area contributed by atoms with E-state index >= 15 is 0 Å². The van der Waals surface area contributed by atoms with Gasteiger partial charge in [-0.1, -0.05) is 23.7 Å². The predicted molar refractivity (Wildman–Crippen MR) is 70.3 cm³/mol. The van der Waals surface area contributed by atoms with Crippen molar-refractivity contribution in [3.63, 3.8) is 0 Å². The second kappa shape index (κ2) is 6.38. The highest BCUT2D eigenvalue weighted by Crippen LogP contribution is 2.13. The molecule has 0 unspecified atom stereocenters. The molecule has 0 aliphatic carbocycles. The first-order chi connectivity index (χ1) is 9.19. The zero-order valence-electron chi connectivity index (χ0n) is 10.1. The lowest BCUT2D eigenvalue weighted by molar-refractivity contribution is 0.0929. The average Bonchev–Trinajstić information content (AvgIpc) is 2.87. The van der Waals surface area contributed by atoms with Crippen LogP contribution < -0.4 is 11.3 Å². The number of amides is 1. The molecule has 0 aliphatic rings. The third-order valence-corrected chi connectivity index (χ3v) is 2.68. The number of benzene rings is 1. The predicted octanol–water partition coefficient (Wildman–Crippen LogP) is 2.25. The van der Waals surface area contributed by atoms with Crippen molar-refractivity contribution < 1.29 is 13.9 Å². The summed E-state index contributed by atoms with van der Waals surface area (Å²) in [5, 5.41) is 0.668. The second-order valence-corrected chi connectivity index (χ2v) is 4.33. The molecule has 5 nitrogen and oxygen atoms in total. The molecule has 19 heavy (non-hydrogen) atoms. The van der Waals surface area contributed by atoms with Crippen LogP contribution >= 0.6 is 11.6 Å². The summed E-state index contributed by atoms with van der Waals surface area (Å²) in [5.74, 6) is 5.18. The minimum atomic E-state index is -0.398. The quantitative estimate of drug-likeness (QED) is 0.500. The van der Waals surface area contributed by atoms with Crippen molar-refractivity contribution in [1.29, 1.82) is 0 Å². The zero-order chi connectivity index (χ0) is 13.7. The number of halogens is 1. The van der Waals surface area contributed by atoms with Crippen LogP contribution in [-0.4, -0.2) is 5.91 Å². The highest BCUT2D eigenvalue weighted by Gasteiger charge is 2.08. The van der Waals surface area contributed by atoms with E-state index in [2.05, 4.69) is 0 Å². The molecule has 1 heterocycles. The maximum Gasteiger partial charge on any atom is 0.268 e. The lowest BCUT2D eigenvalue weighted by atomic mass is 10.2. The summed E-state index contributed by atoms with van der Waals surface area (Å²) < 4.78 is 10.7. The van der Waals surface area contributed by atoms with E-state index in [4.69, 9.17) is 26.6 Å². The molecule has 3 N–H and O–H groups in total. The summed E-state index contributed by atoms with van der Waals surface area (Å²) in [4.78, 5) is 11.2. The van der Waals surface area contributed by atoms with Crippen LogP contribution in [0.1, 0.15) is 21.7 Å². The summed E-state index contributed by atoms with van der Waals surface area (Å²) in [7, 11) is 0. The van der Waals surface area contributed by atoms with Gasteiger partial charge in [0.15, 0.2) is 0 Å². The van der Waals surface area contributed by atoms with Crippen molar-refractivity contribution in [2.45, 2.75) is 13.2 Å². The van der Waals surface area contributed by atoms with Gasteiger partial charge >= 0.3 is 0 Å². The number of hydrogen-bond donors (Lipinski definition) is 2. The summed E-state index contributed by atoms with van der Waals surface area (Å²) >= 11 is 5.86. The number of rotatable bonds is 5. The average molecular weight is 281 g/mol. The molecule has 0 radical (unpaired) electrons. The van der Waals surface area contributed by atoms with Crippen molar-refractivity contribution in [3.05, 3.63) is 58.5 Å². The van der Waals surface area contributed by atoms with Crippen LogP contribution in [0.25, 0.3) is 0 Å². The number of ether oxygens (including phenoxy) is 1. The maximum absolute atomic E-state index is 11.2. The van der Waals surface area contributed by atoms with Crippen molar-refractivity contribution >= 4 is 17.5 Å². The number of nitrogen functional groups attached to an aromatic ring is 1. The van der Waals surface area contributed by atoms with E-state index in [0.717, 1.165) is 5.56 Å². The molecule has 2 aromatic rings. The highest BCUT2D eigenvalue weighted by atomic mass is 35.5. The van der Waals surface area contributed by atoms with Crippen LogP contribution in [-0.2, 0) is 18.0 Å². The van der Waals surface area contributed by atoms with Crippen LogP contribution in [0, 0.1) is 0 Å². The summed E-state index contributed by atoms with van der Waals surface area (Å²) in [6.07, 6.45) is 1.33. The minimum Gasteiger partial charge on any atom is -0.466 e. The Morgan fingerprint density at radius 1 is 1.37 bits per heavy atom. The first kappa shape index (κ1) is 13.6. The van der Waals surface area contributed by atoms with Crippen LogP contribution in [0.4, 0.5) is 0 Å². The molecule has 0 bridgehead atoms. The van der Waals surface area contributed by atoms with Gasteiger partial charge in [-0.3, -0.25) is 10.2 Å². The molecule has 2 rings (SSSR count). The Labute approximate surface area is 115 Å². The Hall–Kier alpha value is -1.82. The summed E-state index contributed by atoms with van der Waals surface area (Å²) in [5.41, 5.74) is 3.36. The minimum absolute atomic E-state index is 0.268. The maximum atomic E-state index is 11.2. The largest absolute Gasteiger partial charge is 0.466 e. The van der Waals surface area contributed by atoms with Gasteiger partial charge < -0.3 is 9.15 Å². The highest BCUT2D eigenvalue weighted by molar-refractivity contribution is 6.30. The van der Waals surface area contributed by atoms with Crippen molar-refractivity contribution in [2.24, 2.45) is 5.84 Å². The molecule has 6 heteroatoms. The number of nitrogens with one attached hydrogen (secondary N) is 1. The fraction of sp³-hybridized carbons (Fsp3) is 0.154. The van der Waals surface area contributed by atoms with Crippen molar-refractivity contribution in [3.8, 4) is 0 Å². The molecule has 0 spiro atoms. The SMILES string of the molecule is NNC(=O)c1coc(COCc2cccc(Cl)c2)c1. The summed E-state index contributed by atoms with van der Waals surface area (Å²) in [6, 6.07) is 8.99. The van der Waals surface area contributed by atoms with E-state index in [0.29, 0.717) is 23.0 Å². The monoisotopic (exact) mass is 280 g/mol. The zero-order valence-corrected chi connectivity index (χ0v) is 10.8. The van der Waals surface area contributed by atoms with Gasteiger partial charge in [0.25, 0.3) is 5.91 Å². The first-order valence-electron chi connectivity index (χ1n) is 5.59. The molecule has 100 valence electrons. The number of carbonyl (C=O) groups is 1. The van der Waals surface area contributed by atoms with Gasteiger partial charge in [-0.2, -0.15) is 0 Å². The number of furan rings is 1. The van der Waals surface area contributed by atoms with Gasteiger partial charge in [0.1, 0.15) is 18.6 Å². The van der Waals surface area contributed by atoms with Gasteiger partial charge in [-0.25, -0.2) is 5.84 Å². The fourth-order valence-corrected chi connectivity index (χ4v) is 1.77. The fourth-order valence-electron chi connectivity index (χ4n) is 1.55. The van der Waals surface area contributed by atoms with Gasteiger partial charge in [0.2, 0.25) is 0 Å². The van der Waals surface area contributed by atoms with E-state index < -0.39 is 5.91 Å². The lowest BCUT2D eigenvalue weighted by Gasteiger charge is -2.02. The molecule has 0 fully saturated rings. The molecular weight excluding hydrogens is 268 g/mol. The normalized spacial score (nSPS) is 10.4. The van der Waals surface area contributed by atoms with Gasteiger partial charge in [0, 0.05) is 5.02 Å². The van der Waals surface area contributed by atoms with Gasteiger partial charge in [-0.05, 0) is 23.8 Å². The molecule has 1 aromatic carbocycles. The number of carbonyl (C=O) groups excluding carboxylic acids is 1. The van der Waals surface area contributed by atoms with Crippen LogP contribution in [0.3, 0.4) is 0 Å². The van der Waals surface area contributed by atoms with E-state index in [-0.39, 0.29) is 6.61 Å². The third kappa shape index (κ3) is 3.82. The Morgan fingerprint density at radius 2 is 2.21 bits per heavy atom. The van der Waals surface area contributed by atoms with Crippen molar-refractivity contribution in [1.82, 2.24) is 5.43 Å².